The maximum absolute atomic E-state index is 10.7. The maximum Gasteiger partial charge on any atom is 0.0948 e. The third-order valence-electron chi connectivity index (χ3n) is 5.30. The van der Waals surface area contributed by atoms with Crippen molar-refractivity contribution in [2.45, 2.75) is 57.7 Å². The molecular formula is C17H25NO. The van der Waals surface area contributed by atoms with Gasteiger partial charge in [-0.25, -0.2) is 0 Å². The van der Waals surface area contributed by atoms with Gasteiger partial charge >= 0.3 is 0 Å². The second-order valence-electron chi connectivity index (χ2n) is 6.35. The first-order valence-electron chi connectivity index (χ1n) is 7.70. The second kappa shape index (κ2) is 5.26. The lowest BCUT2D eigenvalue weighted by Gasteiger charge is -2.46. The van der Waals surface area contributed by atoms with E-state index in [1.807, 2.05) is 6.07 Å². The first kappa shape index (κ1) is 13.1. The Morgan fingerprint density at radius 2 is 1.95 bits per heavy atom. The smallest absolute Gasteiger partial charge is 0.0948 e. The zero-order valence-electron chi connectivity index (χ0n) is 12.0. The van der Waals surface area contributed by atoms with Gasteiger partial charge in [0.05, 0.1) is 6.10 Å². The van der Waals surface area contributed by atoms with Crippen molar-refractivity contribution in [1.82, 2.24) is 4.90 Å². The Bertz CT molecular complexity index is 445. The van der Waals surface area contributed by atoms with Gasteiger partial charge in [0.2, 0.25) is 0 Å². The molecule has 1 saturated heterocycles. The van der Waals surface area contributed by atoms with E-state index in [2.05, 4.69) is 36.9 Å². The van der Waals surface area contributed by atoms with Gasteiger partial charge in [-0.15, -0.1) is 0 Å². The highest BCUT2D eigenvalue weighted by atomic mass is 16.3. The SMILES string of the molecule is CC1CCCN(C2CCc3ccccc3C2O)C1C. The highest BCUT2D eigenvalue weighted by molar-refractivity contribution is 5.32. The third kappa shape index (κ3) is 2.32. The van der Waals surface area contributed by atoms with Gasteiger partial charge in [-0.1, -0.05) is 31.2 Å². The molecule has 1 fully saturated rings. The summed E-state index contributed by atoms with van der Waals surface area (Å²) in [5.74, 6) is 0.748. The van der Waals surface area contributed by atoms with Crippen LogP contribution in [0.2, 0.25) is 0 Å². The van der Waals surface area contributed by atoms with Crippen LogP contribution in [-0.4, -0.2) is 28.6 Å². The van der Waals surface area contributed by atoms with Gasteiger partial charge < -0.3 is 5.11 Å². The summed E-state index contributed by atoms with van der Waals surface area (Å²) in [5.41, 5.74) is 2.49. The van der Waals surface area contributed by atoms with Crippen molar-refractivity contribution in [2.24, 2.45) is 5.92 Å². The van der Waals surface area contributed by atoms with Crippen molar-refractivity contribution in [2.75, 3.05) is 6.54 Å². The number of fused-ring (bicyclic) bond motifs is 1. The van der Waals surface area contributed by atoms with Crippen LogP contribution in [-0.2, 0) is 6.42 Å². The molecule has 4 atom stereocenters. The van der Waals surface area contributed by atoms with Crippen molar-refractivity contribution >= 4 is 0 Å². The van der Waals surface area contributed by atoms with E-state index in [1.165, 1.54) is 18.4 Å². The zero-order chi connectivity index (χ0) is 13.4. The number of benzene rings is 1. The molecule has 1 N–H and O–H groups in total. The Kier molecular flexibility index (Phi) is 3.64. The number of nitrogens with zero attached hydrogens (tertiary/aromatic N) is 1. The zero-order valence-corrected chi connectivity index (χ0v) is 12.0. The number of aliphatic hydroxyl groups is 1. The third-order valence-corrected chi connectivity index (χ3v) is 5.30. The van der Waals surface area contributed by atoms with Gasteiger partial charge in [0.25, 0.3) is 0 Å². The van der Waals surface area contributed by atoms with Gasteiger partial charge in [-0.3, -0.25) is 4.90 Å². The molecule has 1 heterocycles. The molecule has 1 aliphatic carbocycles. The minimum atomic E-state index is -0.308. The second-order valence-corrected chi connectivity index (χ2v) is 6.35. The van der Waals surface area contributed by atoms with E-state index < -0.39 is 0 Å². The number of piperidine rings is 1. The van der Waals surface area contributed by atoms with E-state index in [9.17, 15) is 5.11 Å². The summed E-state index contributed by atoms with van der Waals surface area (Å²) >= 11 is 0. The van der Waals surface area contributed by atoms with Crippen molar-refractivity contribution in [3.63, 3.8) is 0 Å². The Hall–Kier alpha value is -0.860. The van der Waals surface area contributed by atoms with Crippen LogP contribution in [0.1, 0.15) is 50.3 Å². The van der Waals surface area contributed by atoms with Crippen LogP contribution in [0.5, 0.6) is 0 Å². The molecule has 0 saturated carbocycles. The van der Waals surface area contributed by atoms with E-state index >= 15 is 0 Å². The summed E-state index contributed by atoms with van der Waals surface area (Å²) in [6.07, 6.45) is 4.50. The van der Waals surface area contributed by atoms with Crippen LogP contribution in [0.15, 0.2) is 24.3 Å². The molecule has 2 heteroatoms. The molecule has 19 heavy (non-hydrogen) atoms. The highest BCUT2D eigenvalue weighted by Crippen LogP contribution is 2.36. The molecule has 1 aliphatic heterocycles. The topological polar surface area (TPSA) is 23.5 Å². The first-order chi connectivity index (χ1) is 9.18. The van der Waals surface area contributed by atoms with Gasteiger partial charge in [0.15, 0.2) is 0 Å². The first-order valence-corrected chi connectivity index (χ1v) is 7.70. The van der Waals surface area contributed by atoms with Crippen LogP contribution in [0.25, 0.3) is 0 Å². The van der Waals surface area contributed by atoms with Crippen molar-refractivity contribution < 1.29 is 5.11 Å². The molecule has 0 spiro atoms. The number of rotatable bonds is 1. The Morgan fingerprint density at radius 3 is 2.79 bits per heavy atom. The van der Waals surface area contributed by atoms with Gasteiger partial charge in [-0.05, 0) is 56.2 Å². The van der Waals surface area contributed by atoms with Crippen LogP contribution < -0.4 is 0 Å². The number of hydrogen-bond acceptors (Lipinski definition) is 2. The molecule has 3 rings (SSSR count). The number of hydrogen-bond donors (Lipinski definition) is 1. The maximum atomic E-state index is 10.7. The number of aliphatic hydroxyl groups excluding tert-OH is 1. The largest absolute Gasteiger partial charge is 0.387 e. The van der Waals surface area contributed by atoms with E-state index in [0.717, 1.165) is 30.9 Å². The predicted octanol–water partition coefficient (Wildman–Crippen LogP) is 3.16. The minimum absolute atomic E-state index is 0.308. The summed E-state index contributed by atoms with van der Waals surface area (Å²) in [7, 11) is 0. The molecule has 0 amide bonds. The summed E-state index contributed by atoms with van der Waals surface area (Å²) in [6, 6.07) is 9.30. The summed E-state index contributed by atoms with van der Waals surface area (Å²) in [6.45, 7) is 5.83. The number of likely N-dealkylation sites (tertiary alicyclic amines) is 1. The van der Waals surface area contributed by atoms with Crippen LogP contribution in [0.3, 0.4) is 0 Å². The van der Waals surface area contributed by atoms with Crippen LogP contribution >= 0.6 is 0 Å². The number of aryl methyl sites for hydroxylation is 1. The fraction of sp³-hybridized carbons (Fsp3) is 0.647. The highest BCUT2D eigenvalue weighted by Gasteiger charge is 2.37. The normalized spacial score (nSPS) is 35.9. The Balaban J connectivity index is 1.83. The fourth-order valence-electron chi connectivity index (χ4n) is 3.90. The molecule has 0 aromatic heterocycles. The van der Waals surface area contributed by atoms with Crippen molar-refractivity contribution in [3.05, 3.63) is 35.4 Å². The van der Waals surface area contributed by atoms with Gasteiger partial charge in [-0.2, -0.15) is 0 Å². The summed E-state index contributed by atoms with van der Waals surface area (Å²) in [4.78, 5) is 2.56. The average Bonchev–Trinajstić information content (AvgIpc) is 2.43. The lowest BCUT2D eigenvalue weighted by molar-refractivity contribution is -0.0142. The Morgan fingerprint density at radius 1 is 1.16 bits per heavy atom. The van der Waals surface area contributed by atoms with Crippen LogP contribution in [0.4, 0.5) is 0 Å². The van der Waals surface area contributed by atoms with Crippen LogP contribution in [0, 0.1) is 5.92 Å². The van der Waals surface area contributed by atoms with E-state index in [1.54, 1.807) is 0 Å². The molecule has 2 aliphatic rings. The molecular weight excluding hydrogens is 234 g/mol. The summed E-state index contributed by atoms with van der Waals surface area (Å²) < 4.78 is 0. The van der Waals surface area contributed by atoms with E-state index in [0.29, 0.717) is 12.1 Å². The van der Waals surface area contributed by atoms with Gasteiger partial charge in [0, 0.05) is 12.1 Å². The fourth-order valence-corrected chi connectivity index (χ4v) is 3.90. The van der Waals surface area contributed by atoms with E-state index in [-0.39, 0.29) is 6.10 Å². The molecule has 104 valence electrons. The Labute approximate surface area is 116 Å². The quantitative estimate of drug-likeness (QED) is 0.837. The monoisotopic (exact) mass is 259 g/mol. The molecule has 0 bridgehead atoms. The van der Waals surface area contributed by atoms with Crippen molar-refractivity contribution in [1.29, 1.82) is 0 Å². The molecule has 2 nitrogen and oxygen atoms in total. The minimum Gasteiger partial charge on any atom is -0.387 e. The lowest BCUT2D eigenvalue weighted by Crippen LogP contribution is -2.51. The van der Waals surface area contributed by atoms with Gasteiger partial charge in [0.1, 0.15) is 0 Å². The molecule has 4 unspecified atom stereocenters. The molecule has 0 radical (unpaired) electrons. The summed E-state index contributed by atoms with van der Waals surface area (Å²) in [5, 5.41) is 10.7. The average molecular weight is 259 g/mol. The molecule has 1 aromatic carbocycles. The standard InChI is InChI=1S/C17H25NO/c1-12-6-5-11-18(13(12)2)16-10-9-14-7-3-4-8-15(14)17(16)19/h3-4,7-8,12-13,16-17,19H,5-6,9-11H2,1-2H3. The van der Waals surface area contributed by atoms with Crippen molar-refractivity contribution in [3.8, 4) is 0 Å². The predicted molar refractivity (Wildman–Crippen MR) is 78.1 cm³/mol. The van der Waals surface area contributed by atoms with E-state index in [4.69, 9.17) is 0 Å². The lowest BCUT2D eigenvalue weighted by atomic mass is 9.82. The molecule has 1 aromatic rings.